The minimum atomic E-state index is 0.674. The topological polar surface area (TPSA) is 24.4 Å². The number of hydrogen-bond donors (Lipinski definition) is 1. The van der Waals surface area contributed by atoms with Gasteiger partial charge in [-0.1, -0.05) is 17.7 Å². The lowest BCUT2D eigenvalue weighted by atomic mass is 10.3. The molecule has 78 valence electrons. The highest BCUT2D eigenvalue weighted by atomic mass is 35.5. The molecule has 1 aliphatic carbocycles. The molecule has 0 bridgehead atoms. The lowest BCUT2D eigenvalue weighted by molar-refractivity contribution is 0.876. The molecular weight excluding hydrogens is 196 g/mol. The van der Waals surface area contributed by atoms with E-state index in [4.69, 9.17) is 11.6 Å². The molecule has 0 spiro atoms. The molecule has 0 aliphatic heterocycles. The Labute approximate surface area is 90.8 Å². The fraction of sp³-hybridized carbons (Fsp3) is 0.545. The van der Waals surface area contributed by atoms with E-state index in [0.717, 1.165) is 11.6 Å². The maximum Gasteiger partial charge on any atom is 0.0773 e. The van der Waals surface area contributed by atoms with Crippen molar-refractivity contribution in [2.75, 3.05) is 7.05 Å². The van der Waals surface area contributed by atoms with Gasteiger partial charge >= 0.3 is 0 Å². The van der Waals surface area contributed by atoms with Crippen molar-refractivity contribution >= 4 is 17.3 Å². The summed E-state index contributed by atoms with van der Waals surface area (Å²) in [4.78, 5) is 4.01. The van der Waals surface area contributed by atoms with Gasteiger partial charge in [0, 0.05) is 18.9 Å². The molecule has 0 aromatic rings. The van der Waals surface area contributed by atoms with Crippen LogP contribution in [0, 0.1) is 5.92 Å². The van der Waals surface area contributed by atoms with Crippen LogP contribution in [0.25, 0.3) is 0 Å². The minimum absolute atomic E-state index is 0.674. The summed E-state index contributed by atoms with van der Waals surface area (Å²) in [6.45, 7) is 3.94. The molecule has 1 fully saturated rings. The molecule has 0 radical (unpaired) electrons. The van der Waals surface area contributed by atoms with Crippen LogP contribution in [0.4, 0.5) is 0 Å². The third-order valence-electron chi connectivity index (χ3n) is 2.37. The van der Waals surface area contributed by atoms with Crippen LogP contribution in [0.15, 0.2) is 28.0 Å². The van der Waals surface area contributed by atoms with Gasteiger partial charge in [0.1, 0.15) is 0 Å². The lowest BCUT2D eigenvalue weighted by Gasteiger charge is -2.05. The third-order valence-corrected chi connectivity index (χ3v) is 2.76. The first kappa shape index (κ1) is 11.3. The quantitative estimate of drug-likeness (QED) is 0.712. The van der Waals surface area contributed by atoms with Crippen LogP contribution < -0.4 is 5.32 Å². The Kier molecular flexibility index (Phi) is 4.21. The van der Waals surface area contributed by atoms with Gasteiger partial charge in [0.2, 0.25) is 0 Å². The fourth-order valence-corrected chi connectivity index (χ4v) is 1.33. The molecule has 0 aromatic heterocycles. The molecule has 0 aromatic carbocycles. The third kappa shape index (κ3) is 3.18. The predicted octanol–water partition coefficient (Wildman–Crippen LogP) is 3.06. The Morgan fingerprint density at radius 1 is 1.50 bits per heavy atom. The summed E-state index contributed by atoms with van der Waals surface area (Å²) < 4.78 is 0. The SMILES string of the molecule is C/C=C(\NC=C(Cl)C(C)=NC)C1CC1. The highest BCUT2D eigenvalue weighted by Gasteiger charge is 2.24. The Morgan fingerprint density at radius 2 is 2.14 bits per heavy atom. The molecule has 14 heavy (non-hydrogen) atoms. The molecule has 0 saturated heterocycles. The van der Waals surface area contributed by atoms with E-state index in [-0.39, 0.29) is 0 Å². The van der Waals surface area contributed by atoms with Crippen LogP contribution in [0.1, 0.15) is 26.7 Å². The first-order chi connectivity index (χ1) is 6.69. The molecule has 0 atom stereocenters. The maximum atomic E-state index is 6.00. The van der Waals surface area contributed by atoms with Crippen LogP contribution in [-0.4, -0.2) is 12.8 Å². The van der Waals surface area contributed by atoms with Crippen LogP contribution in [-0.2, 0) is 0 Å². The van der Waals surface area contributed by atoms with E-state index in [1.54, 1.807) is 7.05 Å². The summed E-state index contributed by atoms with van der Waals surface area (Å²) in [6, 6.07) is 0. The number of allylic oxidation sites excluding steroid dienone is 3. The van der Waals surface area contributed by atoms with Crippen molar-refractivity contribution in [2.45, 2.75) is 26.7 Å². The zero-order chi connectivity index (χ0) is 10.6. The van der Waals surface area contributed by atoms with E-state index in [2.05, 4.69) is 16.4 Å². The summed E-state index contributed by atoms with van der Waals surface area (Å²) in [5, 5.41) is 3.91. The van der Waals surface area contributed by atoms with E-state index in [1.807, 2.05) is 20.0 Å². The summed E-state index contributed by atoms with van der Waals surface area (Å²) in [6.07, 6.45) is 6.51. The molecule has 0 unspecified atom stereocenters. The second-order valence-corrected chi connectivity index (χ2v) is 3.87. The molecule has 0 amide bonds. The van der Waals surface area contributed by atoms with Crippen molar-refractivity contribution < 1.29 is 0 Å². The summed E-state index contributed by atoms with van der Waals surface area (Å²) in [5.74, 6) is 0.722. The van der Waals surface area contributed by atoms with Crippen LogP contribution in [0.5, 0.6) is 0 Å². The average molecular weight is 213 g/mol. The van der Waals surface area contributed by atoms with Crippen molar-refractivity contribution in [3.8, 4) is 0 Å². The van der Waals surface area contributed by atoms with Gasteiger partial charge in [-0.3, -0.25) is 4.99 Å². The number of rotatable bonds is 4. The summed E-state index contributed by atoms with van der Waals surface area (Å²) in [7, 11) is 1.74. The second kappa shape index (κ2) is 5.20. The van der Waals surface area contributed by atoms with Gasteiger partial charge in [0.15, 0.2) is 0 Å². The van der Waals surface area contributed by atoms with Crippen molar-refractivity contribution in [3.05, 3.63) is 23.0 Å². The van der Waals surface area contributed by atoms with Crippen molar-refractivity contribution in [3.63, 3.8) is 0 Å². The number of halogens is 1. The average Bonchev–Trinajstić information content (AvgIpc) is 3.01. The molecule has 2 nitrogen and oxygen atoms in total. The van der Waals surface area contributed by atoms with Gasteiger partial charge in [-0.2, -0.15) is 0 Å². The zero-order valence-corrected chi connectivity index (χ0v) is 9.73. The van der Waals surface area contributed by atoms with Gasteiger partial charge in [-0.25, -0.2) is 0 Å². The first-order valence-electron chi connectivity index (χ1n) is 4.91. The second-order valence-electron chi connectivity index (χ2n) is 3.46. The normalized spacial score (nSPS) is 19.9. The molecule has 1 aliphatic rings. The number of aliphatic imine (C=N–C) groups is 1. The maximum absolute atomic E-state index is 6.00. The standard InChI is InChI=1S/C11H17ClN2/c1-4-11(9-5-6-9)14-7-10(12)8(2)13-3/h4,7,9,14H,5-6H2,1-3H3/b10-7?,11-4-,13-8?. The van der Waals surface area contributed by atoms with Gasteiger partial charge in [-0.15, -0.1) is 0 Å². The monoisotopic (exact) mass is 212 g/mol. The number of nitrogens with zero attached hydrogens (tertiary/aromatic N) is 1. The van der Waals surface area contributed by atoms with Crippen LogP contribution >= 0.6 is 11.6 Å². The molecule has 1 rings (SSSR count). The Bertz CT molecular complexity index is 286. The van der Waals surface area contributed by atoms with Gasteiger partial charge < -0.3 is 5.32 Å². The van der Waals surface area contributed by atoms with Crippen molar-refractivity contribution in [1.82, 2.24) is 5.32 Å². The van der Waals surface area contributed by atoms with E-state index in [9.17, 15) is 0 Å². The van der Waals surface area contributed by atoms with Crippen LogP contribution in [0.2, 0.25) is 0 Å². The van der Waals surface area contributed by atoms with Gasteiger partial charge in [-0.05, 0) is 32.6 Å². The summed E-state index contributed by atoms with van der Waals surface area (Å²) >= 11 is 6.00. The predicted molar refractivity (Wildman–Crippen MR) is 62.6 cm³/mol. The number of hydrogen-bond acceptors (Lipinski definition) is 2. The van der Waals surface area contributed by atoms with Gasteiger partial charge in [0.05, 0.1) is 10.7 Å². The van der Waals surface area contributed by atoms with Crippen molar-refractivity contribution in [2.24, 2.45) is 10.9 Å². The molecule has 1 N–H and O–H groups in total. The van der Waals surface area contributed by atoms with E-state index in [1.165, 1.54) is 18.5 Å². The zero-order valence-electron chi connectivity index (χ0n) is 8.97. The van der Waals surface area contributed by atoms with E-state index >= 15 is 0 Å². The lowest BCUT2D eigenvalue weighted by Crippen LogP contribution is -2.08. The molecule has 3 heteroatoms. The number of nitrogens with one attached hydrogen (secondary N) is 1. The Morgan fingerprint density at radius 3 is 2.57 bits per heavy atom. The van der Waals surface area contributed by atoms with Crippen molar-refractivity contribution in [1.29, 1.82) is 0 Å². The smallest absolute Gasteiger partial charge is 0.0773 e. The fourth-order valence-electron chi connectivity index (χ4n) is 1.19. The van der Waals surface area contributed by atoms with E-state index in [0.29, 0.717) is 5.03 Å². The first-order valence-corrected chi connectivity index (χ1v) is 5.29. The highest BCUT2D eigenvalue weighted by Crippen LogP contribution is 2.34. The van der Waals surface area contributed by atoms with E-state index < -0.39 is 0 Å². The molecule has 0 heterocycles. The minimum Gasteiger partial charge on any atom is -0.364 e. The molecular formula is C11H17ClN2. The highest BCUT2D eigenvalue weighted by molar-refractivity contribution is 6.43. The Hall–Kier alpha value is -0.760. The molecule has 1 saturated carbocycles. The summed E-state index contributed by atoms with van der Waals surface area (Å²) in [5.41, 5.74) is 2.12. The van der Waals surface area contributed by atoms with Gasteiger partial charge in [0.25, 0.3) is 0 Å². The van der Waals surface area contributed by atoms with Crippen LogP contribution in [0.3, 0.4) is 0 Å². The Balaban J connectivity index is 2.52. The largest absolute Gasteiger partial charge is 0.364 e.